The minimum absolute atomic E-state index is 0.0152. The van der Waals surface area contributed by atoms with E-state index in [1.807, 2.05) is 30.3 Å². The van der Waals surface area contributed by atoms with Crippen LogP contribution in [0.15, 0.2) is 94.7 Å². The number of carbonyl (C=O) groups is 3. The summed E-state index contributed by atoms with van der Waals surface area (Å²) in [5.41, 5.74) is 1.01. The number of anilines is 1. The van der Waals surface area contributed by atoms with Crippen LogP contribution in [0.4, 0.5) is 10.5 Å². The zero-order chi connectivity index (χ0) is 29.1. The molecule has 208 valence electrons. The van der Waals surface area contributed by atoms with Crippen LogP contribution < -0.4 is 14.2 Å². The Morgan fingerprint density at radius 2 is 1.71 bits per heavy atom. The fourth-order valence-electron chi connectivity index (χ4n) is 4.08. The van der Waals surface area contributed by atoms with E-state index in [0.29, 0.717) is 28.4 Å². The summed E-state index contributed by atoms with van der Waals surface area (Å²) in [6.07, 6.45) is 1.47. The van der Waals surface area contributed by atoms with Crippen LogP contribution in [-0.4, -0.2) is 44.0 Å². The molecule has 3 amide bonds. The van der Waals surface area contributed by atoms with Gasteiger partial charge in [0.25, 0.3) is 11.1 Å². The van der Waals surface area contributed by atoms with Crippen molar-refractivity contribution in [2.45, 2.75) is 4.90 Å². The van der Waals surface area contributed by atoms with E-state index in [1.54, 1.807) is 30.3 Å². The van der Waals surface area contributed by atoms with Gasteiger partial charge in [0.05, 0.1) is 12.0 Å². The standard InChI is InChI=1S/C29H21IN2O7S2/c1-38-24-15-18(9-14-23(24)39-41(36,37)26-8-4-6-19-5-2-3-7-22(19)26)16-25-28(34)32(29(35)40-25)17-27(33)31-21-12-10-20(30)11-13-21/h2-16H,17H2,1H3,(H,31,33)/b25-16-. The second-order valence-corrected chi connectivity index (χ2v) is 12.5. The first-order chi connectivity index (χ1) is 19.6. The highest BCUT2D eigenvalue weighted by molar-refractivity contribution is 14.1. The van der Waals surface area contributed by atoms with Crippen molar-refractivity contribution in [2.24, 2.45) is 0 Å². The van der Waals surface area contributed by atoms with Crippen LogP contribution in [0.3, 0.4) is 0 Å². The van der Waals surface area contributed by atoms with E-state index in [2.05, 4.69) is 27.9 Å². The van der Waals surface area contributed by atoms with Crippen LogP contribution >= 0.6 is 34.4 Å². The molecule has 0 aromatic heterocycles. The van der Waals surface area contributed by atoms with Gasteiger partial charge in [0.15, 0.2) is 11.5 Å². The van der Waals surface area contributed by atoms with Crippen LogP contribution in [0.25, 0.3) is 16.8 Å². The number of halogens is 1. The first kappa shape index (κ1) is 28.6. The number of nitrogens with zero attached hydrogens (tertiary/aromatic N) is 1. The van der Waals surface area contributed by atoms with Gasteiger partial charge in [-0.15, -0.1) is 0 Å². The Morgan fingerprint density at radius 1 is 0.976 bits per heavy atom. The van der Waals surface area contributed by atoms with Crippen molar-refractivity contribution in [3.8, 4) is 11.5 Å². The minimum Gasteiger partial charge on any atom is -0.493 e. The number of nitrogens with one attached hydrogen (secondary N) is 1. The highest BCUT2D eigenvalue weighted by Crippen LogP contribution is 2.36. The second kappa shape index (κ2) is 11.9. The number of hydrogen-bond acceptors (Lipinski definition) is 8. The predicted octanol–water partition coefficient (Wildman–Crippen LogP) is 5.90. The number of methoxy groups -OCH3 is 1. The number of thioether (sulfide) groups is 1. The summed E-state index contributed by atoms with van der Waals surface area (Å²) in [6.45, 7) is -0.434. The van der Waals surface area contributed by atoms with Crippen molar-refractivity contribution in [3.05, 3.63) is 99.0 Å². The predicted molar refractivity (Wildman–Crippen MR) is 165 cm³/mol. The molecule has 4 aromatic carbocycles. The average Bonchev–Trinajstić information content (AvgIpc) is 3.21. The molecule has 0 aliphatic carbocycles. The third kappa shape index (κ3) is 6.39. The van der Waals surface area contributed by atoms with Crippen molar-refractivity contribution >= 4 is 84.1 Å². The molecule has 1 heterocycles. The molecular formula is C29H21IN2O7S2. The van der Waals surface area contributed by atoms with Gasteiger partial charge < -0.3 is 14.2 Å². The lowest BCUT2D eigenvalue weighted by molar-refractivity contribution is -0.127. The normalized spacial score (nSPS) is 14.5. The number of carbonyl (C=O) groups excluding carboxylic acids is 3. The second-order valence-electron chi connectivity index (χ2n) is 8.75. The lowest BCUT2D eigenvalue weighted by Gasteiger charge is -2.13. The van der Waals surface area contributed by atoms with Crippen LogP contribution in [0.2, 0.25) is 0 Å². The molecule has 0 bridgehead atoms. The van der Waals surface area contributed by atoms with Gasteiger partial charge in [-0.1, -0.05) is 42.5 Å². The van der Waals surface area contributed by atoms with Crippen LogP contribution in [-0.2, 0) is 19.7 Å². The zero-order valence-corrected chi connectivity index (χ0v) is 25.2. The van der Waals surface area contributed by atoms with Gasteiger partial charge in [-0.05, 0) is 93.8 Å². The Hall–Kier alpha value is -3.88. The third-order valence-electron chi connectivity index (χ3n) is 6.01. The molecule has 0 saturated carbocycles. The molecule has 0 atom stereocenters. The maximum Gasteiger partial charge on any atom is 0.339 e. The molecule has 1 aliphatic heterocycles. The Bertz CT molecular complexity index is 1820. The first-order valence-electron chi connectivity index (χ1n) is 12.1. The summed E-state index contributed by atoms with van der Waals surface area (Å²) < 4.78 is 38.1. The highest BCUT2D eigenvalue weighted by Gasteiger charge is 2.36. The van der Waals surface area contributed by atoms with Gasteiger partial charge in [-0.25, -0.2) is 0 Å². The number of imide groups is 1. The lowest BCUT2D eigenvalue weighted by atomic mass is 10.1. The molecule has 0 unspecified atom stereocenters. The SMILES string of the molecule is COc1cc(/C=C2\SC(=O)N(CC(=O)Nc3ccc(I)cc3)C2=O)ccc1OS(=O)(=O)c1cccc2ccccc12. The molecule has 1 saturated heterocycles. The maximum absolute atomic E-state index is 13.2. The molecule has 0 radical (unpaired) electrons. The van der Waals surface area contributed by atoms with Gasteiger partial charge in [0.2, 0.25) is 5.91 Å². The Morgan fingerprint density at radius 3 is 2.46 bits per heavy atom. The van der Waals surface area contributed by atoms with Crippen molar-refractivity contribution < 1.29 is 31.7 Å². The molecular weight excluding hydrogens is 679 g/mol. The lowest BCUT2D eigenvalue weighted by Crippen LogP contribution is -2.36. The smallest absolute Gasteiger partial charge is 0.339 e. The molecule has 1 aliphatic rings. The van der Waals surface area contributed by atoms with E-state index in [0.717, 1.165) is 13.9 Å². The van der Waals surface area contributed by atoms with E-state index >= 15 is 0 Å². The monoisotopic (exact) mass is 700 g/mol. The molecule has 12 heteroatoms. The molecule has 1 N–H and O–H groups in total. The summed E-state index contributed by atoms with van der Waals surface area (Å²) in [7, 11) is -2.85. The van der Waals surface area contributed by atoms with E-state index in [4.69, 9.17) is 8.92 Å². The Balaban J connectivity index is 1.32. The zero-order valence-electron chi connectivity index (χ0n) is 21.4. The van der Waals surface area contributed by atoms with E-state index < -0.39 is 33.7 Å². The van der Waals surface area contributed by atoms with Gasteiger partial charge in [0, 0.05) is 14.6 Å². The molecule has 0 spiro atoms. The number of amides is 3. The first-order valence-corrected chi connectivity index (χ1v) is 15.4. The van der Waals surface area contributed by atoms with Crippen molar-refractivity contribution in [1.82, 2.24) is 4.90 Å². The minimum atomic E-state index is -4.21. The van der Waals surface area contributed by atoms with Crippen molar-refractivity contribution in [2.75, 3.05) is 19.0 Å². The molecule has 1 fully saturated rings. The third-order valence-corrected chi connectivity index (χ3v) is 8.93. The summed E-state index contributed by atoms with van der Waals surface area (Å²) >= 11 is 2.84. The van der Waals surface area contributed by atoms with E-state index in [1.165, 1.54) is 37.5 Å². The number of benzene rings is 4. The maximum atomic E-state index is 13.2. The van der Waals surface area contributed by atoms with Gasteiger partial charge in [-0.2, -0.15) is 8.42 Å². The largest absolute Gasteiger partial charge is 0.493 e. The summed E-state index contributed by atoms with van der Waals surface area (Å²) in [5, 5.41) is 3.36. The molecule has 4 aromatic rings. The number of hydrogen-bond donors (Lipinski definition) is 1. The highest BCUT2D eigenvalue weighted by atomic mass is 127. The molecule has 41 heavy (non-hydrogen) atoms. The molecule has 5 rings (SSSR count). The summed E-state index contributed by atoms with van der Waals surface area (Å²) in [5.74, 6) is -1.06. The van der Waals surface area contributed by atoms with Crippen LogP contribution in [0.5, 0.6) is 11.5 Å². The fourth-order valence-corrected chi connectivity index (χ4v) is 6.45. The van der Waals surface area contributed by atoms with Crippen LogP contribution in [0.1, 0.15) is 5.56 Å². The van der Waals surface area contributed by atoms with Gasteiger partial charge in [0.1, 0.15) is 11.4 Å². The summed E-state index contributed by atoms with van der Waals surface area (Å²) in [4.78, 5) is 38.9. The number of ether oxygens (including phenoxy) is 1. The Kier molecular flexibility index (Phi) is 8.33. The molecule has 9 nitrogen and oxygen atoms in total. The number of rotatable bonds is 8. The Labute approximate surface area is 253 Å². The van der Waals surface area contributed by atoms with Crippen LogP contribution in [0, 0.1) is 3.57 Å². The van der Waals surface area contributed by atoms with Crippen molar-refractivity contribution in [1.29, 1.82) is 0 Å². The average molecular weight is 701 g/mol. The van der Waals surface area contributed by atoms with Gasteiger partial charge >= 0.3 is 10.1 Å². The van der Waals surface area contributed by atoms with Crippen molar-refractivity contribution in [3.63, 3.8) is 0 Å². The van der Waals surface area contributed by atoms with E-state index in [9.17, 15) is 22.8 Å². The summed E-state index contributed by atoms with van der Waals surface area (Å²) in [6, 6.07) is 23.5. The van der Waals surface area contributed by atoms with E-state index in [-0.39, 0.29) is 21.3 Å². The number of fused-ring (bicyclic) bond motifs is 1. The van der Waals surface area contributed by atoms with Gasteiger partial charge in [-0.3, -0.25) is 19.3 Å². The fraction of sp³-hybridized carbons (Fsp3) is 0.0690. The topological polar surface area (TPSA) is 119 Å². The quantitative estimate of drug-likeness (QED) is 0.137.